The summed E-state index contributed by atoms with van der Waals surface area (Å²) >= 11 is 6.64. The van der Waals surface area contributed by atoms with Crippen molar-refractivity contribution >= 4 is 44.2 Å². The molecule has 2 rings (SSSR count). The van der Waals surface area contributed by atoms with Gasteiger partial charge in [0, 0.05) is 16.3 Å². The van der Waals surface area contributed by atoms with Gasteiger partial charge in [0.2, 0.25) is 5.13 Å². The lowest BCUT2D eigenvalue weighted by molar-refractivity contribution is 0.344. The van der Waals surface area contributed by atoms with Crippen molar-refractivity contribution in [3.63, 3.8) is 0 Å². The van der Waals surface area contributed by atoms with Crippen molar-refractivity contribution in [2.45, 2.75) is 24.2 Å². The molecule has 0 saturated heterocycles. The molecule has 2 aromatic rings. The number of ether oxygens (including phenoxy) is 1. The monoisotopic (exact) mass is 373 g/mol. The molecule has 0 aliphatic rings. The van der Waals surface area contributed by atoms with Crippen LogP contribution in [0.25, 0.3) is 0 Å². The Kier molecular flexibility index (Phi) is 6.12. The molecule has 0 radical (unpaired) electrons. The number of thioether (sulfide) groups is 1. The van der Waals surface area contributed by atoms with Crippen molar-refractivity contribution in [3.8, 4) is 5.75 Å². The van der Waals surface area contributed by atoms with E-state index in [0.717, 1.165) is 25.4 Å². The zero-order chi connectivity index (χ0) is 14.4. The van der Waals surface area contributed by atoms with Gasteiger partial charge in [-0.2, -0.15) is 0 Å². The topological polar surface area (TPSA) is 47.0 Å². The molecular formula is C13H16BrN3OS2. The van der Waals surface area contributed by atoms with E-state index in [1.165, 1.54) is 0 Å². The van der Waals surface area contributed by atoms with Crippen molar-refractivity contribution in [1.82, 2.24) is 10.2 Å². The van der Waals surface area contributed by atoms with Crippen molar-refractivity contribution in [1.29, 1.82) is 0 Å². The van der Waals surface area contributed by atoms with Crippen molar-refractivity contribution in [3.05, 3.63) is 28.7 Å². The van der Waals surface area contributed by atoms with Crippen LogP contribution in [0.1, 0.15) is 13.8 Å². The first kappa shape index (κ1) is 15.6. The maximum absolute atomic E-state index is 5.65. The third-order valence-corrected chi connectivity index (χ3v) is 4.69. The molecule has 1 aromatic carbocycles. The highest BCUT2D eigenvalue weighted by molar-refractivity contribution is 9.10. The minimum absolute atomic E-state index is 0.376. The molecule has 0 amide bonds. The first-order valence-electron chi connectivity index (χ1n) is 6.24. The van der Waals surface area contributed by atoms with Gasteiger partial charge in [-0.15, -0.1) is 10.2 Å². The third-order valence-electron chi connectivity index (χ3n) is 2.21. The molecule has 0 atom stereocenters. The number of hydrogen-bond donors (Lipinski definition) is 1. The van der Waals surface area contributed by atoms with E-state index in [-0.39, 0.29) is 0 Å². The van der Waals surface area contributed by atoms with Gasteiger partial charge in [-0.1, -0.05) is 39.0 Å². The highest BCUT2D eigenvalue weighted by Crippen LogP contribution is 2.25. The molecule has 20 heavy (non-hydrogen) atoms. The van der Waals surface area contributed by atoms with Gasteiger partial charge in [-0.05, 0) is 38.1 Å². The lowest BCUT2D eigenvalue weighted by atomic mass is 10.3. The first-order valence-corrected chi connectivity index (χ1v) is 8.84. The van der Waals surface area contributed by atoms with Crippen LogP contribution in [-0.2, 0) is 0 Å². The summed E-state index contributed by atoms with van der Waals surface area (Å²) in [4.78, 5) is 0. The van der Waals surface area contributed by atoms with Crippen LogP contribution in [0.5, 0.6) is 5.75 Å². The maximum Gasteiger partial charge on any atom is 0.206 e. The number of anilines is 1. The highest BCUT2D eigenvalue weighted by Gasteiger charge is 2.05. The molecular weight excluding hydrogens is 358 g/mol. The second-order valence-electron chi connectivity index (χ2n) is 4.32. The molecule has 1 aromatic heterocycles. The van der Waals surface area contributed by atoms with Crippen LogP contribution in [0, 0.1) is 0 Å². The van der Waals surface area contributed by atoms with Crippen LogP contribution in [0.15, 0.2) is 33.1 Å². The molecule has 1 heterocycles. The Morgan fingerprint density at radius 2 is 2.05 bits per heavy atom. The molecule has 0 bridgehead atoms. The summed E-state index contributed by atoms with van der Waals surface area (Å²) in [7, 11) is 0. The minimum Gasteiger partial charge on any atom is -0.493 e. The summed E-state index contributed by atoms with van der Waals surface area (Å²) in [6.07, 6.45) is 0. The van der Waals surface area contributed by atoms with E-state index in [1.807, 2.05) is 24.3 Å². The summed E-state index contributed by atoms with van der Waals surface area (Å²) in [6, 6.07) is 8.21. The summed E-state index contributed by atoms with van der Waals surface area (Å²) < 4.78 is 7.67. The Morgan fingerprint density at radius 3 is 2.75 bits per heavy atom. The average Bonchev–Trinajstić information content (AvgIpc) is 2.83. The molecule has 7 heteroatoms. The number of hydrogen-bond acceptors (Lipinski definition) is 6. The van der Waals surface area contributed by atoms with Crippen LogP contribution < -0.4 is 10.1 Å². The van der Waals surface area contributed by atoms with Gasteiger partial charge in [0.05, 0.1) is 6.61 Å². The lowest BCUT2D eigenvalue weighted by Crippen LogP contribution is -2.08. The number of rotatable bonds is 7. The lowest BCUT2D eigenvalue weighted by Gasteiger charge is -2.04. The Labute approximate surface area is 135 Å². The summed E-state index contributed by atoms with van der Waals surface area (Å²) in [5.41, 5.74) is 0. The Morgan fingerprint density at radius 1 is 1.30 bits per heavy atom. The van der Waals surface area contributed by atoms with E-state index in [2.05, 4.69) is 45.3 Å². The van der Waals surface area contributed by atoms with Gasteiger partial charge >= 0.3 is 0 Å². The number of nitrogens with zero attached hydrogens (tertiary/aromatic N) is 2. The van der Waals surface area contributed by atoms with Crippen molar-refractivity contribution < 1.29 is 4.74 Å². The molecule has 0 saturated carbocycles. The normalized spacial score (nSPS) is 10.8. The second-order valence-corrected chi connectivity index (χ2v) is 7.56. The molecule has 1 N–H and O–H groups in total. The van der Waals surface area contributed by atoms with E-state index in [1.54, 1.807) is 23.1 Å². The Bertz CT molecular complexity index is 531. The molecule has 0 fully saturated rings. The van der Waals surface area contributed by atoms with Gasteiger partial charge < -0.3 is 10.1 Å². The summed E-state index contributed by atoms with van der Waals surface area (Å²) in [5.74, 6) is 1.74. The largest absolute Gasteiger partial charge is 0.493 e. The quantitative estimate of drug-likeness (QED) is 0.579. The fraction of sp³-hybridized carbons (Fsp3) is 0.385. The number of benzene rings is 1. The van der Waals surface area contributed by atoms with E-state index in [0.29, 0.717) is 12.6 Å². The van der Waals surface area contributed by atoms with Crippen LogP contribution in [0.3, 0.4) is 0 Å². The van der Waals surface area contributed by atoms with Gasteiger partial charge in [0.15, 0.2) is 4.34 Å². The smallest absolute Gasteiger partial charge is 0.206 e. The zero-order valence-electron chi connectivity index (χ0n) is 11.3. The third kappa shape index (κ3) is 5.30. The second kappa shape index (κ2) is 7.85. The predicted molar refractivity (Wildman–Crippen MR) is 89.0 cm³/mol. The molecule has 0 unspecified atom stereocenters. The molecule has 0 spiro atoms. The summed E-state index contributed by atoms with van der Waals surface area (Å²) in [6.45, 7) is 4.82. The molecule has 0 aliphatic heterocycles. The van der Waals surface area contributed by atoms with Crippen molar-refractivity contribution in [2.75, 3.05) is 17.7 Å². The molecule has 0 aliphatic carbocycles. The van der Waals surface area contributed by atoms with Crippen LogP contribution in [0.2, 0.25) is 0 Å². The van der Waals surface area contributed by atoms with E-state index in [4.69, 9.17) is 4.74 Å². The molecule has 4 nitrogen and oxygen atoms in total. The van der Waals surface area contributed by atoms with Crippen molar-refractivity contribution in [2.24, 2.45) is 0 Å². The first-order chi connectivity index (χ1) is 9.63. The van der Waals surface area contributed by atoms with E-state index in [9.17, 15) is 0 Å². The number of aromatic nitrogens is 2. The number of halogens is 1. The highest BCUT2D eigenvalue weighted by atomic mass is 79.9. The molecule has 108 valence electrons. The maximum atomic E-state index is 5.65. The standard InChI is InChI=1S/C13H16BrN3OS2/c1-9(2)15-12-16-17-13(20-12)19-8-7-18-11-5-3-10(14)4-6-11/h3-6,9H,7-8H2,1-2H3,(H,15,16). The van der Waals surface area contributed by atoms with Crippen LogP contribution in [0.4, 0.5) is 5.13 Å². The fourth-order valence-corrected chi connectivity index (χ4v) is 3.44. The Hall–Kier alpha value is -0.790. The Balaban J connectivity index is 1.70. The predicted octanol–water partition coefficient (Wildman–Crippen LogP) is 4.29. The van der Waals surface area contributed by atoms with Gasteiger partial charge in [-0.25, -0.2) is 0 Å². The van der Waals surface area contributed by atoms with Gasteiger partial charge in [0.25, 0.3) is 0 Å². The minimum atomic E-state index is 0.376. The fourth-order valence-electron chi connectivity index (χ4n) is 1.39. The van der Waals surface area contributed by atoms with Gasteiger partial charge in [0.1, 0.15) is 5.75 Å². The summed E-state index contributed by atoms with van der Waals surface area (Å²) in [5, 5.41) is 12.3. The SMILES string of the molecule is CC(C)Nc1nnc(SCCOc2ccc(Br)cc2)s1. The number of nitrogens with one attached hydrogen (secondary N) is 1. The van der Waals surface area contributed by atoms with E-state index < -0.39 is 0 Å². The average molecular weight is 374 g/mol. The zero-order valence-corrected chi connectivity index (χ0v) is 14.5. The van der Waals surface area contributed by atoms with E-state index >= 15 is 0 Å². The van der Waals surface area contributed by atoms with Crippen LogP contribution >= 0.6 is 39.0 Å². The van der Waals surface area contributed by atoms with Gasteiger partial charge in [-0.3, -0.25) is 0 Å². The van der Waals surface area contributed by atoms with Crippen LogP contribution in [-0.4, -0.2) is 28.6 Å².